The molecule has 3 rings (SSSR count). The summed E-state index contributed by atoms with van der Waals surface area (Å²) >= 11 is 1.14. The molecule has 0 spiro atoms. The molecule has 0 atom stereocenters. The van der Waals surface area contributed by atoms with Crippen LogP contribution in [0.3, 0.4) is 0 Å². The first-order valence-corrected chi connectivity index (χ1v) is 10.8. The van der Waals surface area contributed by atoms with Crippen LogP contribution in [-0.4, -0.2) is 51.2 Å². The molecule has 9 heteroatoms. The molecule has 0 aromatic heterocycles. The summed E-state index contributed by atoms with van der Waals surface area (Å²) in [6.07, 6.45) is 1.69. The van der Waals surface area contributed by atoms with Crippen molar-refractivity contribution in [1.82, 2.24) is 0 Å². The van der Waals surface area contributed by atoms with E-state index in [0.717, 1.165) is 11.8 Å². The lowest BCUT2D eigenvalue weighted by Crippen LogP contribution is -2.12. The molecule has 174 valence electrons. The molecule has 33 heavy (non-hydrogen) atoms. The van der Waals surface area contributed by atoms with Crippen molar-refractivity contribution in [2.24, 2.45) is 4.99 Å². The molecule has 0 radical (unpaired) electrons. The van der Waals surface area contributed by atoms with Crippen molar-refractivity contribution >= 4 is 34.5 Å². The van der Waals surface area contributed by atoms with E-state index >= 15 is 0 Å². The van der Waals surface area contributed by atoms with Crippen LogP contribution >= 0.6 is 11.8 Å². The van der Waals surface area contributed by atoms with Gasteiger partial charge < -0.3 is 28.8 Å². The number of methoxy groups -OCH3 is 4. The molecule has 2 aromatic rings. The van der Waals surface area contributed by atoms with Crippen molar-refractivity contribution < 1.29 is 33.6 Å². The number of carbonyl (C=O) groups excluding carboxylic acids is 1. The second-order valence-electron chi connectivity index (χ2n) is 6.60. The van der Waals surface area contributed by atoms with Gasteiger partial charge in [-0.05, 0) is 37.3 Å². The van der Waals surface area contributed by atoms with Gasteiger partial charge >= 0.3 is 5.97 Å². The fraction of sp³-hybridized carbons (Fsp3) is 0.250. The summed E-state index contributed by atoms with van der Waals surface area (Å²) in [4.78, 5) is 17.6. The van der Waals surface area contributed by atoms with E-state index in [4.69, 9.17) is 23.7 Å². The van der Waals surface area contributed by atoms with Gasteiger partial charge in [0.1, 0.15) is 22.1 Å². The van der Waals surface area contributed by atoms with Gasteiger partial charge in [-0.3, -0.25) is 0 Å². The number of hydrogen-bond donors (Lipinski definition) is 1. The average Bonchev–Trinajstić information content (AvgIpc) is 3.13. The van der Waals surface area contributed by atoms with Crippen LogP contribution in [0.2, 0.25) is 0 Å². The Morgan fingerprint density at radius 2 is 1.79 bits per heavy atom. The number of benzene rings is 2. The number of aliphatic hydroxyl groups is 1. The van der Waals surface area contributed by atoms with Gasteiger partial charge in [0.25, 0.3) is 0 Å². The van der Waals surface area contributed by atoms with Crippen LogP contribution in [0.15, 0.2) is 57.6 Å². The standard InChI is InChI=1S/C24H25NO7S/c1-6-32-24(27)19-20(26)18(33-23(19)25-15-8-7-9-16(13-15)28-2)12-14-10-11-17(29-3)22(31-5)21(14)30-4/h7-13,26H,6H2,1-5H3. The first kappa shape index (κ1) is 24.1. The van der Waals surface area contributed by atoms with Crippen molar-refractivity contribution in [3.63, 3.8) is 0 Å². The van der Waals surface area contributed by atoms with E-state index in [1.807, 2.05) is 0 Å². The summed E-state index contributed by atoms with van der Waals surface area (Å²) in [7, 11) is 6.11. The molecule has 2 aromatic carbocycles. The van der Waals surface area contributed by atoms with Gasteiger partial charge in [-0.2, -0.15) is 0 Å². The monoisotopic (exact) mass is 471 g/mol. The summed E-state index contributed by atoms with van der Waals surface area (Å²) in [5.41, 5.74) is 1.18. The van der Waals surface area contributed by atoms with Crippen LogP contribution in [0, 0.1) is 0 Å². The number of thioether (sulfide) groups is 1. The van der Waals surface area contributed by atoms with Crippen molar-refractivity contribution in [1.29, 1.82) is 0 Å². The lowest BCUT2D eigenvalue weighted by molar-refractivity contribution is -0.138. The summed E-state index contributed by atoms with van der Waals surface area (Å²) in [5.74, 6) is 1.08. The Balaban J connectivity index is 2.11. The third-order valence-corrected chi connectivity index (χ3v) is 5.70. The van der Waals surface area contributed by atoms with E-state index in [0.29, 0.717) is 44.2 Å². The van der Waals surface area contributed by atoms with Crippen molar-refractivity contribution in [2.75, 3.05) is 35.0 Å². The van der Waals surface area contributed by atoms with E-state index in [2.05, 4.69) is 4.99 Å². The highest BCUT2D eigenvalue weighted by Crippen LogP contribution is 2.44. The van der Waals surface area contributed by atoms with Gasteiger partial charge in [-0.25, -0.2) is 9.79 Å². The Morgan fingerprint density at radius 3 is 2.42 bits per heavy atom. The van der Waals surface area contributed by atoms with Crippen LogP contribution in [0.5, 0.6) is 23.0 Å². The summed E-state index contributed by atoms with van der Waals surface area (Å²) in [6.45, 7) is 1.86. The molecule has 1 heterocycles. The van der Waals surface area contributed by atoms with Crippen LogP contribution in [0.25, 0.3) is 6.08 Å². The molecular formula is C24H25NO7S. The van der Waals surface area contributed by atoms with E-state index in [1.165, 1.54) is 21.3 Å². The maximum absolute atomic E-state index is 12.6. The SMILES string of the molecule is CCOC(=O)C1=C(O)C(=Cc2ccc(OC)c(OC)c2OC)SC1=Nc1cccc(OC)c1. The number of aliphatic imine (C=N–C) groups is 1. The molecule has 0 fully saturated rings. The predicted octanol–water partition coefficient (Wildman–Crippen LogP) is 4.91. The zero-order chi connectivity index (χ0) is 24.0. The highest BCUT2D eigenvalue weighted by molar-refractivity contribution is 8.18. The van der Waals surface area contributed by atoms with Crippen molar-refractivity contribution in [3.8, 4) is 23.0 Å². The molecule has 0 amide bonds. The first-order valence-electron chi connectivity index (χ1n) is 9.99. The minimum atomic E-state index is -0.660. The van der Waals surface area contributed by atoms with E-state index in [1.54, 1.807) is 56.5 Å². The van der Waals surface area contributed by atoms with Gasteiger partial charge in [-0.1, -0.05) is 17.8 Å². The third-order valence-electron chi connectivity index (χ3n) is 4.68. The zero-order valence-corrected chi connectivity index (χ0v) is 19.8. The molecule has 1 N–H and O–H groups in total. The molecule has 0 bridgehead atoms. The maximum Gasteiger partial charge on any atom is 0.344 e. The summed E-state index contributed by atoms with van der Waals surface area (Å²) < 4.78 is 26.7. The van der Waals surface area contributed by atoms with Gasteiger partial charge in [-0.15, -0.1) is 0 Å². The summed E-state index contributed by atoms with van der Waals surface area (Å²) in [6, 6.07) is 10.6. The van der Waals surface area contributed by atoms with Gasteiger partial charge in [0.05, 0.1) is 45.6 Å². The number of aliphatic hydroxyl groups excluding tert-OH is 1. The highest BCUT2D eigenvalue weighted by Gasteiger charge is 2.33. The van der Waals surface area contributed by atoms with E-state index in [9.17, 15) is 9.90 Å². The number of esters is 1. The van der Waals surface area contributed by atoms with Gasteiger partial charge in [0.15, 0.2) is 11.5 Å². The second-order valence-corrected chi connectivity index (χ2v) is 7.63. The average molecular weight is 472 g/mol. The minimum Gasteiger partial charge on any atom is -0.506 e. The topological polar surface area (TPSA) is 95.8 Å². The van der Waals surface area contributed by atoms with Crippen LogP contribution in [0.1, 0.15) is 12.5 Å². The maximum atomic E-state index is 12.6. The molecule has 1 aliphatic rings. The molecule has 0 aliphatic carbocycles. The molecule has 1 aliphatic heterocycles. The van der Waals surface area contributed by atoms with Crippen LogP contribution in [-0.2, 0) is 9.53 Å². The highest BCUT2D eigenvalue weighted by atomic mass is 32.2. The van der Waals surface area contributed by atoms with Crippen LogP contribution in [0.4, 0.5) is 5.69 Å². The Labute approximate surface area is 196 Å². The number of hydrogen-bond acceptors (Lipinski definition) is 9. The fourth-order valence-corrected chi connectivity index (χ4v) is 4.19. The lowest BCUT2D eigenvalue weighted by atomic mass is 10.1. The number of carbonyl (C=O) groups is 1. The first-order chi connectivity index (χ1) is 16.0. The molecule has 0 unspecified atom stereocenters. The third kappa shape index (κ3) is 5.09. The van der Waals surface area contributed by atoms with Crippen molar-refractivity contribution in [3.05, 3.63) is 58.2 Å². The Morgan fingerprint density at radius 1 is 1.03 bits per heavy atom. The predicted molar refractivity (Wildman–Crippen MR) is 128 cm³/mol. The lowest BCUT2D eigenvalue weighted by Gasteiger charge is -2.14. The second kappa shape index (κ2) is 10.8. The Bertz CT molecular complexity index is 1140. The number of rotatable bonds is 8. The number of nitrogens with zero attached hydrogens (tertiary/aromatic N) is 1. The fourth-order valence-electron chi connectivity index (χ4n) is 3.17. The molecule has 8 nitrogen and oxygen atoms in total. The Hall–Kier alpha value is -3.59. The smallest absolute Gasteiger partial charge is 0.344 e. The van der Waals surface area contributed by atoms with Crippen molar-refractivity contribution in [2.45, 2.75) is 6.92 Å². The van der Waals surface area contributed by atoms with E-state index < -0.39 is 5.97 Å². The van der Waals surface area contributed by atoms with Gasteiger partial charge in [0.2, 0.25) is 5.75 Å². The van der Waals surface area contributed by atoms with Crippen LogP contribution < -0.4 is 18.9 Å². The summed E-state index contributed by atoms with van der Waals surface area (Å²) in [5, 5.41) is 11.2. The zero-order valence-electron chi connectivity index (χ0n) is 19.0. The molecule has 0 saturated heterocycles. The largest absolute Gasteiger partial charge is 0.506 e. The molecular weight excluding hydrogens is 446 g/mol. The van der Waals surface area contributed by atoms with Gasteiger partial charge in [0, 0.05) is 11.6 Å². The normalized spacial score (nSPS) is 15.7. The quantitative estimate of drug-likeness (QED) is 0.543. The number of ether oxygens (including phenoxy) is 5. The molecule has 0 saturated carbocycles. The van der Waals surface area contributed by atoms with E-state index in [-0.39, 0.29) is 17.9 Å². The minimum absolute atomic E-state index is 0.00429. The Kier molecular flexibility index (Phi) is 7.89.